The summed E-state index contributed by atoms with van der Waals surface area (Å²) in [6, 6.07) is 11.0. The maximum Gasteiger partial charge on any atom is 0.254 e. The van der Waals surface area contributed by atoms with Crippen molar-refractivity contribution >= 4 is 33.4 Å². The first-order valence-electron chi connectivity index (χ1n) is 6.11. The molecule has 1 amide bonds. The Bertz CT molecular complexity index is 652. The van der Waals surface area contributed by atoms with E-state index < -0.39 is 17.5 Å². The predicted octanol–water partition coefficient (Wildman–Crippen LogP) is 4.48. The second kappa shape index (κ2) is 7.00. The predicted molar refractivity (Wildman–Crippen MR) is 81.8 cm³/mol. The highest BCUT2D eigenvalue weighted by Crippen LogP contribution is 2.22. The summed E-state index contributed by atoms with van der Waals surface area (Å²) in [5.74, 6) is -2.38. The first kappa shape index (κ1) is 15.9. The Kier molecular flexibility index (Phi) is 5.31. The van der Waals surface area contributed by atoms with Crippen LogP contribution in [0.5, 0.6) is 0 Å². The quantitative estimate of drug-likeness (QED) is 0.620. The number of hydrogen-bond donors (Lipinski definition) is 1. The number of rotatable bonds is 4. The summed E-state index contributed by atoms with van der Waals surface area (Å²) in [7, 11) is 0. The van der Waals surface area contributed by atoms with Crippen LogP contribution in [0.3, 0.4) is 0 Å². The number of alkyl halides is 1. The normalized spacial score (nSPS) is 12.0. The van der Waals surface area contributed by atoms with Crippen LogP contribution in [0, 0.1) is 11.6 Å². The van der Waals surface area contributed by atoms with Crippen LogP contribution >= 0.6 is 27.5 Å². The van der Waals surface area contributed by atoms with Gasteiger partial charge >= 0.3 is 0 Å². The molecule has 0 aliphatic rings. The highest BCUT2D eigenvalue weighted by Gasteiger charge is 2.16. The second-order valence-electron chi connectivity index (χ2n) is 4.33. The van der Waals surface area contributed by atoms with E-state index in [1.54, 1.807) is 0 Å². The molecule has 1 N–H and O–H groups in total. The third-order valence-corrected chi connectivity index (χ3v) is 4.00. The lowest BCUT2D eigenvalue weighted by atomic mass is 10.1. The van der Waals surface area contributed by atoms with Gasteiger partial charge in [-0.05, 0) is 17.7 Å². The van der Waals surface area contributed by atoms with Crippen LogP contribution in [0.2, 0.25) is 5.02 Å². The smallest absolute Gasteiger partial charge is 0.254 e. The van der Waals surface area contributed by atoms with E-state index in [0.717, 1.165) is 17.7 Å². The SMILES string of the molecule is O=C(NCC(Br)c1ccccc1)c1cc(F)c(Cl)cc1F. The third kappa shape index (κ3) is 4.02. The summed E-state index contributed by atoms with van der Waals surface area (Å²) in [5.41, 5.74) is 0.602. The van der Waals surface area contributed by atoms with Gasteiger partial charge in [0.25, 0.3) is 5.91 Å². The van der Waals surface area contributed by atoms with Crippen molar-refractivity contribution in [1.29, 1.82) is 0 Å². The Labute approximate surface area is 134 Å². The first-order chi connectivity index (χ1) is 9.99. The lowest BCUT2D eigenvalue weighted by Crippen LogP contribution is -2.27. The molecule has 0 saturated carbocycles. The molecule has 0 fully saturated rings. The second-order valence-corrected chi connectivity index (χ2v) is 5.85. The van der Waals surface area contributed by atoms with Gasteiger partial charge in [0, 0.05) is 6.54 Å². The van der Waals surface area contributed by atoms with Crippen molar-refractivity contribution in [3.05, 3.63) is 70.2 Å². The maximum absolute atomic E-state index is 13.6. The molecule has 2 aromatic carbocycles. The molecule has 0 heterocycles. The molecule has 0 aliphatic carbocycles. The Morgan fingerprint density at radius 2 is 1.86 bits per heavy atom. The van der Waals surface area contributed by atoms with Gasteiger partial charge in [-0.25, -0.2) is 8.78 Å². The number of hydrogen-bond acceptors (Lipinski definition) is 1. The number of carbonyl (C=O) groups excluding carboxylic acids is 1. The lowest BCUT2D eigenvalue weighted by molar-refractivity contribution is 0.0949. The zero-order valence-corrected chi connectivity index (χ0v) is 13.1. The van der Waals surface area contributed by atoms with Crippen molar-refractivity contribution in [2.24, 2.45) is 0 Å². The molecule has 0 aromatic heterocycles. The van der Waals surface area contributed by atoms with E-state index in [4.69, 9.17) is 11.6 Å². The Balaban J connectivity index is 2.04. The minimum absolute atomic E-state index is 0.122. The van der Waals surface area contributed by atoms with Crippen molar-refractivity contribution in [1.82, 2.24) is 5.32 Å². The molecule has 1 atom stereocenters. The van der Waals surface area contributed by atoms with Gasteiger partial charge in [0.2, 0.25) is 0 Å². The standard InChI is InChI=1S/C15H11BrClF2NO/c16-11(9-4-2-1-3-5-9)8-20-15(21)10-6-14(19)12(17)7-13(10)18/h1-7,11H,8H2,(H,20,21). The molecule has 2 nitrogen and oxygen atoms in total. The molecule has 110 valence electrons. The van der Waals surface area contributed by atoms with Gasteiger partial charge in [0.05, 0.1) is 15.4 Å². The van der Waals surface area contributed by atoms with Crippen LogP contribution in [-0.4, -0.2) is 12.5 Å². The highest BCUT2D eigenvalue weighted by atomic mass is 79.9. The van der Waals surface area contributed by atoms with Gasteiger partial charge < -0.3 is 5.32 Å². The molecule has 6 heteroatoms. The zero-order chi connectivity index (χ0) is 15.4. The monoisotopic (exact) mass is 373 g/mol. The van der Waals surface area contributed by atoms with Gasteiger partial charge in [-0.2, -0.15) is 0 Å². The average Bonchev–Trinajstić information content (AvgIpc) is 2.49. The molecule has 0 spiro atoms. The molecular weight excluding hydrogens is 364 g/mol. The van der Waals surface area contributed by atoms with Crippen molar-refractivity contribution in [2.75, 3.05) is 6.54 Å². The fourth-order valence-electron chi connectivity index (χ4n) is 1.75. The van der Waals surface area contributed by atoms with E-state index in [2.05, 4.69) is 21.2 Å². The van der Waals surface area contributed by atoms with Gasteiger partial charge in [0.1, 0.15) is 11.6 Å². The van der Waals surface area contributed by atoms with Gasteiger partial charge in [-0.1, -0.05) is 57.9 Å². The van der Waals surface area contributed by atoms with E-state index in [9.17, 15) is 13.6 Å². The van der Waals surface area contributed by atoms with Crippen LogP contribution in [0.1, 0.15) is 20.7 Å². The number of carbonyl (C=O) groups is 1. The summed E-state index contributed by atoms with van der Waals surface area (Å²) in [5, 5.41) is 2.19. The minimum atomic E-state index is -0.857. The Morgan fingerprint density at radius 1 is 1.19 bits per heavy atom. The molecule has 1 unspecified atom stereocenters. The summed E-state index contributed by atoms with van der Waals surface area (Å²) < 4.78 is 26.9. The van der Waals surface area contributed by atoms with Crippen molar-refractivity contribution in [2.45, 2.75) is 4.83 Å². The van der Waals surface area contributed by atoms with Crippen molar-refractivity contribution in [3.8, 4) is 0 Å². The Hall–Kier alpha value is -1.46. The molecule has 0 saturated heterocycles. The summed E-state index contributed by atoms with van der Waals surface area (Å²) in [6.45, 7) is 0.243. The van der Waals surface area contributed by atoms with Crippen LogP contribution in [0.25, 0.3) is 0 Å². The van der Waals surface area contributed by atoms with Crippen LogP contribution in [0.15, 0.2) is 42.5 Å². The van der Waals surface area contributed by atoms with Crippen LogP contribution in [-0.2, 0) is 0 Å². The number of benzene rings is 2. The van der Waals surface area contributed by atoms with Gasteiger partial charge in [-0.15, -0.1) is 0 Å². The van der Waals surface area contributed by atoms with Crippen molar-refractivity contribution in [3.63, 3.8) is 0 Å². The molecule has 0 aliphatic heterocycles. The molecule has 0 radical (unpaired) electrons. The summed E-state index contributed by atoms with van der Waals surface area (Å²) in [4.78, 5) is 11.8. The van der Waals surface area contributed by atoms with E-state index in [-0.39, 0.29) is 22.0 Å². The van der Waals surface area contributed by atoms with E-state index in [1.807, 2.05) is 30.3 Å². The third-order valence-electron chi connectivity index (χ3n) is 2.86. The Morgan fingerprint density at radius 3 is 2.52 bits per heavy atom. The fraction of sp³-hybridized carbons (Fsp3) is 0.133. The van der Waals surface area contributed by atoms with Crippen molar-refractivity contribution < 1.29 is 13.6 Å². The van der Waals surface area contributed by atoms with Gasteiger partial charge in [0.15, 0.2) is 0 Å². The van der Waals surface area contributed by atoms with E-state index >= 15 is 0 Å². The van der Waals surface area contributed by atoms with Gasteiger partial charge in [-0.3, -0.25) is 4.79 Å². The molecule has 0 bridgehead atoms. The number of halogens is 4. The highest BCUT2D eigenvalue weighted by molar-refractivity contribution is 9.09. The molecule has 2 aromatic rings. The largest absolute Gasteiger partial charge is 0.350 e. The number of nitrogens with one attached hydrogen (secondary N) is 1. The molecule has 21 heavy (non-hydrogen) atoms. The van der Waals surface area contributed by atoms with Crippen LogP contribution in [0.4, 0.5) is 8.78 Å². The molecular formula is C15H11BrClF2NO. The number of amides is 1. The average molecular weight is 375 g/mol. The minimum Gasteiger partial charge on any atom is -0.350 e. The molecule has 2 rings (SSSR count). The van der Waals surface area contributed by atoms with E-state index in [0.29, 0.717) is 0 Å². The lowest BCUT2D eigenvalue weighted by Gasteiger charge is -2.12. The summed E-state index contributed by atoms with van der Waals surface area (Å²) in [6.07, 6.45) is 0. The maximum atomic E-state index is 13.6. The topological polar surface area (TPSA) is 29.1 Å². The van der Waals surface area contributed by atoms with Crippen LogP contribution < -0.4 is 5.32 Å². The summed E-state index contributed by atoms with van der Waals surface area (Å²) >= 11 is 8.87. The zero-order valence-electron chi connectivity index (χ0n) is 10.7. The van der Waals surface area contributed by atoms with E-state index in [1.165, 1.54) is 0 Å². The first-order valence-corrected chi connectivity index (χ1v) is 7.40. The fourth-order valence-corrected chi connectivity index (χ4v) is 2.37.